The Hall–Kier alpha value is -0.120. The second-order valence-electron chi connectivity index (χ2n) is 9.24. The molecule has 2 unspecified atom stereocenters. The van der Waals surface area contributed by atoms with E-state index in [1.807, 2.05) is 0 Å². The van der Waals surface area contributed by atoms with Crippen LogP contribution in [0.15, 0.2) is 0 Å². The van der Waals surface area contributed by atoms with Crippen molar-refractivity contribution in [2.45, 2.75) is 149 Å². The molecule has 0 saturated heterocycles. The third kappa shape index (κ3) is 20.9. The van der Waals surface area contributed by atoms with Gasteiger partial charge in [0.1, 0.15) is 0 Å². The summed E-state index contributed by atoms with van der Waals surface area (Å²) in [5.41, 5.74) is 0. The van der Waals surface area contributed by atoms with Crippen molar-refractivity contribution in [3.8, 4) is 0 Å². The van der Waals surface area contributed by atoms with Crippen LogP contribution in [-0.2, 0) is 0 Å². The lowest BCUT2D eigenvalue weighted by Gasteiger charge is -2.27. The maximum atomic E-state index is 10.5. The van der Waals surface area contributed by atoms with Crippen LogP contribution in [0.3, 0.4) is 0 Å². The molecule has 0 saturated carbocycles. The van der Waals surface area contributed by atoms with E-state index >= 15 is 0 Å². The molecular weight excluding hydrogens is 358 g/mol. The van der Waals surface area contributed by atoms with Gasteiger partial charge in [0.05, 0.1) is 12.2 Å². The zero-order chi connectivity index (χ0) is 21.6. The molecule has 3 heteroatoms. The van der Waals surface area contributed by atoms with Crippen LogP contribution in [0.25, 0.3) is 0 Å². The molecule has 0 aliphatic rings. The van der Waals surface area contributed by atoms with Gasteiger partial charge < -0.3 is 10.2 Å². The van der Waals surface area contributed by atoms with Crippen LogP contribution in [0.5, 0.6) is 0 Å². The lowest BCUT2D eigenvalue weighted by atomic mass is 10.1. The molecule has 0 fully saturated rings. The minimum absolute atomic E-state index is 0.242. The fourth-order valence-corrected chi connectivity index (χ4v) is 4.12. The number of hydrogen-bond donors (Lipinski definition) is 2. The summed E-state index contributed by atoms with van der Waals surface area (Å²) in [6.45, 7) is 9.22. The lowest BCUT2D eigenvalue weighted by Crippen LogP contribution is -2.38. The molecular formula is C26H55NO2. The molecule has 2 N–H and O–H groups in total. The first-order chi connectivity index (χ1) is 14.1. The highest BCUT2D eigenvalue weighted by molar-refractivity contribution is 4.70. The van der Waals surface area contributed by atoms with Crippen molar-refractivity contribution in [2.24, 2.45) is 0 Å². The number of aliphatic hydroxyl groups is 2. The van der Waals surface area contributed by atoms with Crippen LogP contribution in [0.2, 0.25) is 0 Å². The molecule has 176 valence electrons. The topological polar surface area (TPSA) is 43.7 Å². The summed E-state index contributed by atoms with van der Waals surface area (Å²) in [4.78, 5) is 2.33. The molecule has 0 spiro atoms. The maximum Gasteiger partial charge on any atom is 0.0667 e. The maximum absolute atomic E-state index is 10.5. The van der Waals surface area contributed by atoms with E-state index in [-0.39, 0.29) is 12.2 Å². The molecule has 0 heterocycles. The van der Waals surface area contributed by atoms with Crippen LogP contribution in [0.4, 0.5) is 0 Å². The summed E-state index contributed by atoms with van der Waals surface area (Å²) in [7, 11) is 0. The SMILES string of the molecule is CCCCCCCCC(O)CN(CCCCCC)CC(O)CCCCCCCC. The smallest absolute Gasteiger partial charge is 0.0667 e. The van der Waals surface area contributed by atoms with E-state index in [2.05, 4.69) is 25.7 Å². The van der Waals surface area contributed by atoms with Crippen molar-refractivity contribution in [3.05, 3.63) is 0 Å². The van der Waals surface area contributed by atoms with Crippen LogP contribution >= 0.6 is 0 Å². The predicted octanol–water partition coefficient (Wildman–Crippen LogP) is 7.09. The Morgan fingerprint density at radius 3 is 1.24 bits per heavy atom. The third-order valence-corrected chi connectivity index (χ3v) is 6.05. The van der Waals surface area contributed by atoms with E-state index in [1.54, 1.807) is 0 Å². The molecule has 0 aromatic rings. The fourth-order valence-electron chi connectivity index (χ4n) is 4.12. The van der Waals surface area contributed by atoms with Crippen molar-refractivity contribution >= 4 is 0 Å². The van der Waals surface area contributed by atoms with Gasteiger partial charge in [-0.3, -0.25) is 4.90 Å². The third-order valence-electron chi connectivity index (χ3n) is 6.05. The van der Waals surface area contributed by atoms with Crippen molar-refractivity contribution in [1.82, 2.24) is 4.90 Å². The van der Waals surface area contributed by atoms with Gasteiger partial charge in [0.15, 0.2) is 0 Å². The Kier molecular flexibility index (Phi) is 22.5. The van der Waals surface area contributed by atoms with Gasteiger partial charge >= 0.3 is 0 Å². The van der Waals surface area contributed by atoms with Gasteiger partial charge in [-0.15, -0.1) is 0 Å². The molecule has 0 rings (SSSR count). The molecule has 0 bridgehead atoms. The molecule has 0 aliphatic carbocycles. The van der Waals surface area contributed by atoms with E-state index < -0.39 is 0 Å². The molecule has 0 radical (unpaired) electrons. The number of unbranched alkanes of at least 4 members (excludes halogenated alkanes) is 13. The normalized spacial score (nSPS) is 13.9. The van der Waals surface area contributed by atoms with Gasteiger partial charge in [-0.1, -0.05) is 117 Å². The Labute approximate surface area is 183 Å². The van der Waals surface area contributed by atoms with E-state index in [1.165, 1.54) is 89.9 Å². The van der Waals surface area contributed by atoms with Crippen LogP contribution in [0.1, 0.15) is 136 Å². The second-order valence-corrected chi connectivity index (χ2v) is 9.24. The number of hydrogen-bond acceptors (Lipinski definition) is 3. The monoisotopic (exact) mass is 413 g/mol. The van der Waals surface area contributed by atoms with Gasteiger partial charge in [-0.25, -0.2) is 0 Å². The van der Waals surface area contributed by atoms with Gasteiger partial charge in [0.25, 0.3) is 0 Å². The average molecular weight is 414 g/mol. The Balaban J connectivity index is 4.10. The summed E-state index contributed by atoms with van der Waals surface area (Å²) >= 11 is 0. The summed E-state index contributed by atoms with van der Waals surface area (Å²) < 4.78 is 0. The molecule has 3 nitrogen and oxygen atoms in total. The largest absolute Gasteiger partial charge is 0.392 e. The first-order valence-corrected chi connectivity index (χ1v) is 13.2. The van der Waals surface area contributed by atoms with E-state index in [9.17, 15) is 10.2 Å². The van der Waals surface area contributed by atoms with Crippen LogP contribution in [-0.4, -0.2) is 47.0 Å². The standard InChI is InChI=1S/C26H55NO2/c1-4-7-10-13-15-17-20-25(28)23-27(22-19-12-9-6-3)24-26(29)21-18-16-14-11-8-5-2/h25-26,28-29H,4-24H2,1-3H3. The van der Waals surface area contributed by atoms with Crippen molar-refractivity contribution in [3.63, 3.8) is 0 Å². The summed E-state index contributed by atoms with van der Waals surface area (Å²) in [5, 5.41) is 21.0. The minimum Gasteiger partial charge on any atom is -0.392 e. The summed E-state index contributed by atoms with van der Waals surface area (Å²) in [6, 6.07) is 0. The Morgan fingerprint density at radius 2 is 0.828 bits per heavy atom. The van der Waals surface area contributed by atoms with Crippen molar-refractivity contribution in [1.29, 1.82) is 0 Å². The first kappa shape index (κ1) is 28.9. The second kappa shape index (κ2) is 22.6. The quantitative estimate of drug-likeness (QED) is 0.176. The van der Waals surface area contributed by atoms with E-state index in [0.29, 0.717) is 0 Å². The highest BCUT2D eigenvalue weighted by atomic mass is 16.3. The molecule has 2 atom stereocenters. The molecule has 0 aromatic carbocycles. The summed E-state index contributed by atoms with van der Waals surface area (Å²) in [6.07, 6.45) is 21.6. The van der Waals surface area contributed by atoms with Crippen LogP contribution in [0, 0.1) is 0 Å². The highest BCUT2D eigenvalue weighted by Crippen LogP contribution is 2.13. The zero-order valence-corrected chi connectivity index (χ0v) is 20.3. The number of aliphatic hydroxyl groups excluding tert-OH is 2. The van der Waals surface area contributed by atoms with Crippen LogP contribution < -0.4 is 0 Å². The first-order valence-electron chi connectivity index (χ1n) is 13.2. The fraction of sp³-hybridized carbons (Fsp3) is 1.00. The van der Waals surface area contributed by atoms with Gasteiger partial charge in [0.2, 0.25) is 0 Å². The highest BCUT2D eigenvalue weighted by Gasteiger charge is 2.15. The Morgan fingerprint density at radius 1 is 0.483 bits per heavy atom. The minimum atomic E-state index is -0.242. The van der Waals surface area contributed by atoms with Gasteiger partial charge in [0, 0.05) is 13.1 Å². The molecule has 29 heavy (non-hydrogen) atoms. The number of rotatable bonds is 23. The summed E-state index contributed by atoms with van der Waals surface area (Å²) in [5.74, 6) is 0. The molecule has 0 aromatic heterocycles. The van der Waals surface area contributed by atoms with E-state index in [4.69, 9.17) is 0 Å². The zero-order valence-electron chi connectivity index (χ0n) is 20.3. The molecule has 0 aliphatic heterocycles. The number of nitrogens with zero attached hydrogens (tertiary/aromatic N) is 1. The Bertz CT molecular complexity index is 287. The van der Waals surface area contributed by atoms with Gasteiger partial charge in [-0.05, 0) is 25.8 Å². The predicted molar refractivity (Wildman–Crippen MR) is 129 cm³/mol. The van der Waals surface area contributed by atoms with Crippen molar-refractivity contribution < 1.29 is 10.2 Å². The van der Waals surface area contributed by atoms with Gasteiger partial charge in [-0.2, -0.15) is 0 Å². The average Bonchev–Trinajstić information content (AvgIpc) is 2.70. The van der Waals surface area contributed by atoms with Crippen molar-refractivity contribution in [2.75, 3.05) is 19.6 Å². The lowest BCUT2D eigenvalue weighted by molar-refractivity contribution is 0.0596. The van der Waals surface area contributed by atoms with E-state index in [0.717, 1.165) is 45.3 Å². The molecule has 0 amide bonds.